The van der Waals surface area contributed by atoms with Crippen molar-refractivity contribution in [3.05, 3.63) is 41.6 Å². The molecule has 1 heterocycles. The van der Waals surface area contributed by atoms with Crippen LogP contribution in [0.5, 0.6) is 5.75 Å². The van der Waals surface area contributed by atoms with E-state index < -0.39 is 0 Å². The van der Waals surface area contributed by atoms with Crippen molar-refractivity contribution in [1.82, 2.24) is 9.97 Å². The van der Waals surface area contributed by atoms with E-state index in [-0.39, 0.29) is 18.0 Å². The second-order valence-corrected chi connectivity index (χ2v) is 6.14. The van der Waals surface area contributed by atoms with Crippen LogP contribution in [0.1, 0.15) is 25.1 Å². The van der Waals surface area contributed by atoms with Gasteiger partial charge in [-0.1, -0.05) is 43.8 Å². The van der Waals surface area contributed by atoms with Crippen LogP contribution in [-0.2, 0) is 6.61 Å². The monoisotopic (exact) mass is 300 g/mol. The zero-order valence-corrected chi connectivity index (χ0v) is 12.7. The maximum atomic E-state index is 9.20. The summed E-state index contributed by atoms with van der Waals surface area (Å²) in [6.07, 6.45) is 0. The molecule has 2 N–H and O–H groups in total. The second-order valence-electron chi connectivity index (χ2n) is 4.59. The number of hydrogen-bond donors (Lipinski definition) is 1. The molecular weight excluding hydrogens is 284 g/mol. The number of anilines is 1. The van der Waals surface area contributed by atoms with Crippen LogP contribution in [0.4, 0.5) is 5.82 Å². The van der Waals surface area contributed by atoms with Crippen molar-refractivity contribution >= 4 is 17.6 Å². The molecule has 0 aliphatic carbocycles. The van der Waals surface area contributed by atoms with Crippen molar-refractivity contribution in [2.45, 2.75) is 30.9 Å². The minimum absolute atomic E-state index is 0.186. The molecule has 21 heavy (non-hydrogen) atoms. The van der Waals surface area contributed by atoms with Gasteiger partial charge in [0.2, 0.25) is 0 Å². The SMILES string of the molecule is CC(C)Sc1nc(N)c(C#N)c(COc2ccccc2)n1. The van der Waals surface area contributed by atoms with E-state index >= 15 is 0 Å². The largest absolute Gasteiger partial charge is 0.487 e. The van der Waals surface area contributed by atoms with E-state index in [1.807, 2.05) is 50.2 Å². The molecule has 108 valence electrons. The van der Waals surface area contributed by atoms with Crippen LogP contribution >= 0.6 is 11.8 Å². The molecule has 1 aromatic heterocycles. The number of nitrogens with two attached hydrogens (primary N) is 1. The van der Waals surface area contributed by atoms with Gasteiger partial charge in [-0.05, 0) is 12.1 Å². The summed E-state index contributed by atoms with van der Waals surface area (Å²) < 4.78 is 5.64. The molecule has 0 fully saturated rings. The number of benzene rings is 1. The van der Waals surface area contributed by atoms with Gasteiger partial charge in [-0.3, -0.25) is 0 Å². The van der Waals surface area contributed by atoms with Gasteiger partial charge >= 0.3 is 0 Å². The van der Waals surface area contributed by atoms with Gasteiger partial charge in [0.15, 0.2) is 5.16 Å². The number of nitriles is 1. The third-order valence-corrected chi connectivity index (χ3v) is 3.43. The molecule has 0 atom stereocenters. The molecule has 5 nitrogen and oxygen atoms in total. The molecule has 6 heteroatoms. The molecule has 0 amide bonds. The summed E-state index contributed by atoms with van der Waals surface area (Å²) >= 11 is 1.50. The van der Waals surface area contributed by atoms with Crippen molar-refractivity contribution in [3.8, 4) is 11.8 Å². The van der Waals surface area contributed by atoms with E-state index in [9.17, 15) is 5.26 Å². The van der Waals surface area contributed by atoms with Gasteiger partial charge in [-0.2, -0.15) is 5.26 Å². The van der Waals surface area contributed by atoms with E-state index in [1.165, 1.54) is 11.8 Å². The van der Waals surface area contributed by atoms with Gasteiger partial charge in [0.25, 0.3) is 0 Å². The first kappa shape index (κ1) is 15.1. The molecule has 0 spiro atoms. The predicted octanol–water partition coefficient (Wildman–Crippen LogP) is 3.01. The minimum atomic E-state index is 0.186. The maximum absolute atomic E-state index is 9.20. The third kappa shape index (κ3) is 4.10. The Hall–Kier alpha value is -2.26. The highest BCUT2D eigenvalue weighted by molar-refractivity contribution is 7.99. The van der Waals surface area contributed by atoms with Crippen LogP contribution in [-0.4, -0.2) is 15.2 Å². The van der Waals surface area contributed by atoms with Crippen molar-refractivity contribution in [2.75, 3.05) is 5.73 Å². The number of thioether (sulfide) groups is 1. The van der Waals surface area contributed by atoms with Crippen molar-refractivity contribution in [1.29, 1.82) is 5.26 Å². The topological polar surface area (TPSA) is 84.8 Å². The fourth-order valence-electron chi connectivity index (χ4n) is 1.66. The van der Waals surface area contributed by atoms with Gasteiger partial charge in [-0.25, -0.2) is 9.97 Å². The highest BCUT2D eigenvalue weighted by Gasteiger charge is 2.14. The summed E-state index contributed by atoms with van der Waals surface area (Å²) in [5.74, 6) is 0.916. The Bertz CT molecular complexity index is 653. The quantitative estimate of drug-likeness (QED) is 0.675. The highest BCUT2D eigenvalue weighted by atomic mass is 32.2. The Morgan fingerprint density at radius 3 is 2.62 bits per heavy atom. The summed E-state index contributed by atoms with van der Waals surface area (Å²) in [5.41, 5.74) is 6.62. The lowest BCUT2D eigenvalue weighted by atomic mass is 10.2. The van der Waals surface area contributed by atoms with Gasteiger partial charge in [0, 0.05) is 5.25 Å². The fourth-order valence-corrected chi connectivity index (χ4v) is 2.40. The van der Waals surface area contributed by atoms with Crippen LogP contribution in [0.3, 0.4) is 0 Å². The molecule has 0 radical (unpaired) electrons. The molecule has 0 aliphatic heterocycles. The minimum Gasteiger partial charge on any atom is -0.487 e. The highest BCUT2D eigenvalue weighted by Crippen LogP contribution is 2.23. The predicted molar refractivity (Wildman–Crippen MR) is 82.9 cm³/mol. The average molecular weight is 300 g/mol. The number of para-hydroxylation sites is 1. The molecule has 0 aliphatic rings. The van der Waals surface area contributed by atoms with Crippen molar-refractivity contribution in [2.24, 2.45) is 0 Å². The third-order valence-electron chi connectivity index (χ3n) is 2.56. The Morgan fingerprint density at radius 2 is 2.00 bits per heavy atom. The van der Waals surface area contributed by atoms with Gasteiger partial charge in [0.05, 0.1) is 0 Å². The summed E-state index contributed by atoms with van der Waals surface area (Å²) in [6.45, 7) is 4.27. The first-order chi connectivity index (χ1) is 10.1. The fraction of sp³-hybridized carbons (Fsp3) is 0.267. The van der Waals surface area contributed by atoms with Crippen LogP contribution < -0.4 is 10.5 Å². The Morgan fingerprint density at radius 1 is 1.29 bits per heavy atom. The molecule has 0 unspecified atom stereocenters. The van der Waals surface area contributed by atoms with E-state index in [0.29, 0.717) is 16.1 Å². The summed E-state index contributed by atoms with van der Waals surface area (Å²) in [6, 6.07) is 11.4. The van der Waals surface area contributed by atoms with E-state index in [1.54, 1.807) is 0 Å². The number of nitrogen functional groups attached to an aromatic ring is 1. The zero-order valence-electron chi connectivity index (χ0n) is 11.9. The van der Waals surface area contributed by atoms with Gasteiger partial charge in [-0.15, -0.1) is 0 Å². The van der Waals surface area contributed by atoms with Crippen LogP contribution in [0.2, 0.25) is 0 Å². The van der Waals surface area contributed by atoms with Crippen LogP contribution in [0, 0.1) is 11.3 Å². The average Bonchev–Trinajstić information content (AvgIpc) is 2.45. The standard InChI is InChI=1S/C15H16N4OS/c1-10(2)21-15-18-13(12(8-16)14(17)19-15)9-20-11-6-4-3-5-7-11/h3-7,10H,9H2,1-2H3,(H2,17,18,19). The first-order valence-electron chi connectivity index (χ1n) is 6.51. The Labute approximate surface area is 128 Å². The second kappa shape index (κ2) is 6.95. The number of hydrogen-bond acceptors (Lipinski definition) is 6. The van der Waals surface area contributed by atoms with E-state index in [0.717, 1.165) is 5.75 Å². The maximum Gasteiger partial charge on any atom is 0.190 e. The Balaban J connectivity index is 2.24. The zero-order chi connectivity index (χ0) is 15.2. The number of aromatic nitrogens is 2. The van der Waals surface area contributed by atoms with Crippen molar-refractivity contribution in [3.63, 3.8) is 0 Å². The lowest BCUT2D eigenvalue weighted by molar-refractivity contribution is 0.299. The van der Waals surface area contributed by atoms with Crippen LogP contribution in [0.15, 0.2) is 35.5 Å². The van der Waals surface area contributed by atoms with E-state index in [4.69, 9.17) is 10.5 Å². The summed E-state index contributed by atoms with van der Waals surface area (Å²) in [5, 5.41) is 10.1. The smallest absolute Gasteiger partial charge is 0.190 e. The van der Waals surface area contributed by atoms with E-state index in [2.05, 4.69) is 9.97 Å². The van der Waals surface area contributed by atoms with Gasteiger partial charge in [0.1, 0.15) is 35.5 Å². The lowest BCUT2D eigenvalue weighted by Crippen LogP contribution is -2.08. The summed E-state index contributed by atoms with van der Waals surface area (Å²) in [7, 11) is 0. The normalized spacial score (nSPS) is 10.4. The molecule has 2 rings (SSSR count). The van der Waals surface area contributed by atoms with Gasteiger partial charge < -0.3 is 10.5 Å². The number of nitrogens with zero attached hydrogens (tertiary/aromatic N) is 3. The summed E-state index contributed by atoms with van der Waals surface area (Å²) in [4.78, 5) is 8.54. The molecule has 0 bridgehead atoms. The first-order valence-corrected chi connectivity index (χ1v) is 7.39. The Kier molecular flexibility index (Phi) is 5.01. The molecular formula is C15H16N4OS. The number of rotatable bonds is 5. The molecule has 1 aromatic carbocycles. The van der Waals surface area contributed by atoms with Crippen LogP contribution in [0.25, 0.3) is 0 Å². The molecule has 0 saturated heterocycles. The molecule has 2 aromatic rings. The molecule has 0 saturated carbocycles. The lowest BCUT2D eigenvalue weighted by Gasteiger charge is -2.10. The van der Waals surface area contributed by atoms with Crippen molar-refractivity contribution < 1.29 is 4.74 Å². The number of ether oxygens (including phenoxy) is 1.